The topological polar surface area (TPSA) is 69.8 Å². The van der Waals surface area contributed by atoms with Crippen LogP contribution in [0.3, 0.4) is 0 Å². The first-order valence-electron chi connectivity index (χ1n) is 6.75. The molecule has 1 aromatic heterocycles. The van der Waals surface area contributed by atoms with E-state index in [9.17, 15) is 4.79 Å². The summed E-state index contributed by atoms with van der Waals surface area (Å²) in [6.45, 7) is 2.75. The van der Waals surface area contributed by atoms with Crippen molar-refractivity contribution in [3.63, 3.8) is 0 Å². The lowest BCUT2D eigenvalue weighted by atomic mass is 10.0. The molecule has 1 atom stereocenters. The summed E-state index contributed by atoms with van der Waals surface area (Å²) in [5.74, 6) is 0.687. The summed E-state index contributed by atoms with van der Waals surface area (Å²) < 4.78 is 0. The largest absolute Gasteiger partial charge is 0.347 e. The predicted molar refractivity (Wildman–Crippen MR) is 78.5 cm³/mol. The van der Waals surface area contributed by atoms with Crippen LogP contribution in [-0.4, -0.2) is 29.5 Å². The SMILES string of the molecule is CNCCc1ccccc1C(=O)NC(C)c1ncc[nH]1. The molecular weight excluding hydrogens is 252 g/mol. The van der Waals surface area contributed by atoms with Gasteiger partial charge < -0.3 is 15.6 Å². The Morgan fingerprint density at radius 2 is 2.20 bits per heavy atom. The number of nitrogens with one attached hydrogen (secondary N) is 3. The molecule has 0 aliphatic rings. The van der Waals surface area contributed by atoms with Gasteiger partial charge in [0.05, 0.1) is 6.04 Å². The third-order valence-electron chi connectivity index (χ3n) is 3.18. The highest BCUT2D eigenvalue weighted by Gasteiger charge is 2.15. The number of H-pyrrole nitrogens is 1. The van der Waals surface area contributed by atoms with Crippen LogP contribution in [0.2, 0.25) is 0 Å². The van der Waals surface area contributed by atoms with Crippen LogP contribution in [0.5, 0.6) is 0 Å². The highest BCUT2D eigenvalue weighted by Crippen LogP contribution is 2.12. The van der Waals surface area contributed by atoms with Gasteiger partial charge in [-0.05, 0) is 38.6 Å². The Labute approximate surface area is 118 Å². The molecule has 0 radical (unpaired) electrons. The minimum Gasteiger partial charge on any atom is -0.347 e. The number of hydrogen-bond donors (Lipinski definition) is 3. The quantitative estimate of drug-likeness (QED) is 0.749. The summed E-state index contributed by atoms with van der Waals surface area (Å²) in [5, 5.41) is 6.06. The molecule has 3 N–H and O–H groups in total. The van der Waals surface area contributed by atoms with E-state index in [2.05, 4.69) is 20.6 Å². The van der Waals surface area contributed by atoms with Gasteiger partial charge in [0.25, 0.3) is 5.91 Å². The van der Waals surface area contributed by atoms with Gasteiger partial charge in [-0.3, -0.25) is 4.79 Å². The van der Waals surface area contributed by atoms with Gasteiger partial charge in [-0.25, -0.2) is 4.98 Å². The van der Waals surface area contributed by atoms with Crippen molar-refractivity contribution in [2.45, 2.75) is 19.4 Å². The Bertz CT molecular complexity index is 551. The van der Waals surface area contributed by atoms with Crippen molar-refractivity contribution in [2.75, 3.05) is 13.6 Å². The van der Waals surface area contributed by atoms with Gasteiger partial charge in [-0.15, -0.1) is 0 Å². The van der Waals surface area contributed by atoms with Gasteiger partial charge in [0.2, 0.25) is 0 Å². The normalized spacial score (nSPS) is 12.1. The number of imidazole rings is 1. The smallest absolute Gasteiger partial charge is 0.252 e. The second-order valence-electron chi connectivity index (χ2n) is 4.68. The van der Waals surface area contributed by atoms with Crippen molar-refractivity contribution >= 4 is 5.91 Å². The Morgan fingerprint density at radius 3 is 2.90 bits per heavy atom. The van der Waals surface area contributed by atoms with Gasteiger partial charge in [-0.2, -0.15) is 0 Å². The van der Waals surface area contributed by atoms with E-state index in [1.54, 1.807) is 12.4 Å². The van der Waals surface area contributed by atoms with Crippen molar-refractivity contribution < 1.29 is 4.79 Å². The van der Waals surface area contributed by atoms with Gasteiger partial charge in [-0.1, -0.05) is 18.2 Å². The molecule has 0 aliphatic heterocycles. The van der Waals surface area contributed by atoms with Crippen LogP contribution in [0.4, 0.5) is 0 Å². The van der Waals surface area contributed by atoms with Gasteiger partial charge in [0.1, 0.15) is 5.82 Å². The Morgan fingerprint density at radius 1 is 1.40 bits per heavy atom. The predicted octanol–water partition coefficient (Wildman–Crippen LogP) is 1.66. The number of rotatable bonds is 6. The lowest BCUT2D eigenvalue weighted by molar-refractivity contribution is 0.0937. The monoisotopic (exact) mass is 272 g/mol. The van der Waals surface area contributed by atoms with Gasteiger partial charge in [0.15, 0.2) is 0 Å². The summed E-state index contributed by atoms with van der Waals surface area (Å²) >= 11 is 0. The lowest BCUT2D eigenvalue weighted by Gasteiger charge is -2.14. The van der Waals surface area contributed by atoms with Crippen LogP contribution >= 0.6 is 0 Å². The molecule has 1 unspecified atom stereocenters. The fraction of sp³-hybridized carbons (Fsp3) is 0.333. The summed E-state index contributed by atoms with van der Waals surface area (Å²) in [6, 6.07) is 7.54. The minimum absolute atomic E-state index is 0.0689. The molecule has 0 fully saturated rings. The number of carbonyl (C=O) groups is 1. The zero-order chi connectivity index (χ0) is 14.4. The average molecular weight is 272 g/mol. The first-order valence-corrected chi connectivity index (χ1v) is 6.75. The fourth-order valence-electron chi connectivity index (χ4n) is 2.08. The number of aromatic amines is 1. The summed E-state index contributed by atoms with van der Waals surface area (Å²) in [7, 11) is 1.90. The Hall–Kier alpha value is -2.14. The van der Waals surface area contributed by atoms with Crippen molar-refractivity contribution in [1.29, 1.82) is 0 Å². The maximum absolute atomic E-state index is 12.4. The second kappa shape index (κ2) is 6.86. The molecule has 2 aromatic rings. The number of nitrogens with zero attached hydrogens (tertiary/aromatic N) is 1. The Kier molecular flexibility index (Phi) is 4.90. The molecule has 1 aromatic carbocycles. The first kappa shape index (κ1) is 14.3. The van der Waals surface area contributed by atoms with Crippen molar-refractivity contribution in [1.82, 2.24) is 20.6 Å². The van der Waals surface area contributed by atoms with E-state index in [0.29, 0.717) is 0 Å². The van der Waals surface area contributed by atoms with Crippen LogP contribution in [-0.2, 0) is 6.42 Å². The van der Waals surface area contributed by atoms with E-state index in [-0.39, 0.29) is 11.9 Å². The van der Waals surface area contributed by atoms with E-state index in [4.69, 9.17) is 0 Å². The van der Waals surface area contributed by atoms with E-state index < -0.39 is 0 Å². The third-order valence-corrected chi connectivity index (χ3v) is 3.18. The molecule has 1 heterocycles. The zero-order valence-corrected chi connectivity index (χ0v) is 11.8. The molecule has 1 amide bonds. The second-order valence-corrected chi connectivity index (χ2v) is 4.68. The molecule has 20 heavy (non-hydrogen) atoms. The number of aromatic nitrogens is 2. The van der Waals surface area contributed by atoms with Crippen LogP contribution in [0, 0.1) is 0 Å². The van der Waals surface area contributed by atoms with Gasteiger partial charge >= 0.3 is 0 Å². The van der Waals surface area contributed by atoms with E-state index in [1.165, 1.54) is 0 Å². The highest BCUT2D eigenvalue weighted by atomic mass is 16.1. The number of benzene rings is 1. The minimum atomic E-state index is -0.144. The van der Waals surface area contributed by atoms with Crippen molar-refractivity contribution in [3.8, 4) is 0 Å². The summed E-state index contributed by atoms with van der Waals surface area (Å²) in [6.07, 6.45) is 4.26. The molecule has 0 saturated heterocycles. The highest BCUT2D eigenvalue weighted by molar-refractivity contribution is 5.95. The zero-order valence-electron chi connectivity index (χ0n) is 11.8. The Balaban J connectivity index is 2.09. The molecule has 2 rings (SSSR count). The van der Waals surface area contributed by atoms with Crippen LogP contribution in [0.1, 0.15) is 34.7 Å². The molecule has 0 aliphatic carbocycles. The van der Waals surface area contributed by atoms with E-state index in [1.807, 2.05) is 38.2 Å². The number of likely N-dealkylation sites (N-methyl/N-ethyl adjacent to an activating group) is 1. The van der Waals surface area contributed by atoms with Gasteiger partial charge in [0, 0.05) is 18.0 Å². The van der Waals surface area contributed by atoms with E-state index in [0.717, 1.165) is 29.9 Å². The number of amides is 1. The molecule has 5 heteroatoms. The maximum atomic E-state index is 12.4. The van der Waals surface area contributed by atoms with Crippen LogP contribution in [0.15, 0.2) is 36.7 Å². The van der Waals surface area contributed by atoms with E-state index >= 15 is 0 Å². The van der Waals surface area contributed by atoms with Crippen LogP contribution < -0.4 is 10.6 Å². The lowest BCUT2D eigenvalue weighted by Crippen LogP contribution is -2.28. The van der Waals surface area contributed by atoms with Crippen molar-refractivity contribution in [3.05, 3.63) is 53.6 Å². The van der Waals surface area contributed by atoms with Crippen molar-refractivity contribution in [2.24, 2.45) is 0 Å². The summed E-state index contributed by atoms with van der Waals surface area (Å²) in [4.78, 5) is 19.5. The third kappa shape index (κ3) is 3.45. The molecular formula is C15H20N4O. The molecule has 106 valence electrons. The number of hydrogen-bond acceptors (Lipinski definition) is 3. The number of carbonyl (C=O) groups excluding carboxylic acids is 1. The molecule has 0 bridgehead atoms. The molecule has 0 saturated carbocycles. The molecule has 5 nitrogen and oxygen atoms in total. The fourth-order valence-corrected chi connectivity index (χ4v) is 2.08. The first-order chi connectivity index (χ1) is 9.72. The van der Waals surface area contributed by atoms with Crippen LogP contribution in [0.25, 0.3) is 0 Å². The summed E-state index contributed by atoms with van der Waals surface area (Å²) in [5.41, 5.74) is 1.77. The standard InChI is InChI=1S/C15H20N4O/c1-11(14-17-9-10-18-14)19-15(20)13-6-4-3-5-12(13)7-8-16-2/h3-6,9-11,16H,7-8H2,1-2H3,(H,17,18)(H,19,20). The average Bonchev–Trinajstić information content (AvgIpc) is 2.99. The maximum Gasteiger partial charge on any atom is 0.252 e. The molecule has 0 spiro atoms.